The predicted molar refractivity (Wildman–Crippen MR) is 53.2 cm³/mol. The van der Waals surface area contributed by atoms with Crippen LogP contribution in [0.4, 0.5) is 0 Å². The molecule has 1 saturated heterocycles. The van der Waals surface area contributed by atoms with Gasteiger partial charge in [-0.05, 0) is 30.4 Å². The highest BCUT2D eigenvalue weighted by atomic mass is 35.5. The van der Waals surface area contributed by atoms with Crippen molar-refractivity contribution >= 4 is 19.4 Å². The zero-order valence-electron chi connectivity index (χ0n) is 7.85. The van der Waals surface area contributed by atoms with Gasteiger partial charge in [0.15, 0.2) is 5.60 Å². The third kappa shape index (κ3) is 1.57. The van der Waals surface area contributed by atoms with Crippen molar-refractivity contribution in [2.24, 2.45) is 0 Å². The maximum absolute atomic E-state index is 9.92. The molecule has 2 fully saturated rings. The van der Waals surface area contributed by atoms with E-state index in [1.807, 2.05) is 5.38 Å². The average Bonchev–Trinajstić information content (AvgIpc) is 2.87. The van der Waals surface area contributed by atoms with Crippen LogP contribution in [0.1, 0.15) is 12.8 Å². The van der Waals surface area contributed by atoms with E-state index in [1.165, 1.54) is 0 Å². The normalized spacial score (nSPS) is 47.1. The van der Waals surface area contributed by atoms with E-state index in [0.717, 1.165) is 0 Å². The molecule has 0 spiro atoms. The minimum absolute atomic E-state index is 0.520. The van der Waals surface area contributed by atoms with Crippen molar-refractivity contribution in [1.29, 1.82) is 0 Å². The smallest absolute Gasteiger partial charge is 0.172 e. The molecule has 1 aliphatic carbocycles. The van der Waals surface area contributed by atoms with Gasteiger partial charge in [0, 0.05) is 5.38 Å². The first kappa shape index (κ1) is 11.2. The van der Waals surface area contributed by atoms with Crippen LogP contribution >= 0.6 is 11.6 Å². The Kier molecular flexibility index (Phi) is 2.53. The Morgan fingerprint density at radius 1 is 1.40 bits per heavy atom. The van der Waals surface area contributed by atoms with E-state index in [9.17, 15) is 15.3 Å². The average molecular weight is 228 g/mol. The van der Waals surface area contributed by atoms with Gasteiger partial charge in [-0.3, -0.25) is 0 Å². The van der Waals surface area contributed by atoms with Crippen LogP contribution in [0.2, 0.25) is 0 Å². The molecule has 80 valence electrons. The molecule has 1 heterocycles. The Labute approximate surface area is 93.6 Å². The second kappa shape index (κ2) is 3.37. The van der Waals surface area contributed by atoms with E-state index in [1.54, 1.807) is 0 Å². The molecule has 2 rings (SSSR count). The van der Waals surface area contributed by atoms with Crippen LogP contribution in [-0.4, -0.2) is 52.6 Å². The Morgan fingerprint density at radius 2 is 2.00 bits per heavy atom. The largest absolute Gasteiger partial charge is 0.387 e. The first-order chi connectivity index (χ1) is 6.94. The fourth-order valence-electron chi connectivity index (χ4n) is 1.79. The Bertz CT molecular complexity index is 335. The van der Waals surface area contributed by atoms with E-state index >= 15 is 0 Å². The summed E-state index contributed by atoms with van der Waals surface area (Å²) in [6.07, 6.45) is -1.22. The molecular formula is C9H10BClO4. The predicted octanol–water partition coefficient (Wildman–Crippen LogP) is -1.30. The molecule has 1 aliphatic heterocycles. The van der Waals surface area contributed by atoms with Crippen molar-refractivity contribution in [2.75, 3.05) is 0 Å². The van der Waals surface area contributed by atoms with Crippen LogP contribution in [0.3, 0.4) is 0 Å². The van der Waals surface area contributed by atoms with Gasteiger partial charge in [-0.15, -0.1) is 0 Å². The number of aliphatic hydroxyl groups excluding tert-OH is 1. The second-order valence-electron chi connectivity index (χ2n) is 4.07. The highest BCUT2D eigenvalue weighted by molar-refractivity contribution is 6.30. The summed E-state index contributed by atoms with van der Waals surface area (Å²) in [5.74, 6) is 2.21. The lowest BCUT2D eigenvalue weighted by Crippen LogP contribution is -2.49. The molecule has 15 heavy (non-hydrogen) atoms. The molecule has 6 heteroatoms. The fraction of sp³-hybridized carbons (Fsp3) is 0.778. The van der Waals surface area contributed by atoms with Crippen molar-refractivity contribution in [1.82, 2.24) is 0 Å². The Hall–Kier alpha value is -0.245. The van der Waals surface area contributed by atoms with Crippen LogP contribution in [0.25, 0.3) is 0 Å². The standard InChI is InChI=1S/C9H10BClO4/c10-7-9(14,3-4-11)5(12)6(15-7)8(13)1-2-8/h5-7,12-14H,1-2H2/t5?,6-,7+,9?/m0/s1. The minimum atomic E-state index is -1.91. The van der Waals surface area contributed by atoms with Gasteiger partial charge in [-0.1, -0.05) is 0 Å². The zero-order valence-corrected chi connectivity index (χ0v) is 8.61. The maximum atomic E-state index is 9.92. The summed E-state index contributed by atoms with van der Waals surface area (Å²) < 4.78 is 5.14. The van der Waals surface area contributed by atoms with Crippen molar-refractivity contribution in [3.63, 3.8) is 0 Å². The van der Waals surface area contributed by atoms with Gasteiger partial charge >= 0.3 is 0 Å². The van der Waals surface area contributed by atoms with Gasteiger partial charge in [0.25, 0.3) is 0 Å². The summed E-state index contributed by atoms with van der Waals surface area (Å²) in [7, 11) is 5.50. The third-order valence-corrected chi connectivity index (χ3v) is 3.10. The Morgan fingerprint density at radius 3 is 2.47 bits per heavy atom. The van der Waals surface area contributed by atoms with Gasteiger partial charge in [-0.25, -0.2) is 0 Å². The summed E-state index contributed by atoms with van der Waals surface area (Å²) in [5, 5.41) is 31.5. The summed E-state index contributed by atoms with van der Waals surface area (Å²) in [6.45, 7) is 0. The number of hydrogen-bond acceptors (Lipinski definition) is 4. The van der Waals surface area contributed by atoms with Crippen molar-refractivity contribution in [3.8, 4) is 11.3 Å². The molecule has 0 aromatic carbocycles. The van der Waals surface area contributed by atoms with E-state index < -0.39 is 29.4 Å². The second-order valence-corrected chi connectivity index (χ2v) is 4.26. The third-order valence-electron chi connectivity index (χ3n) is 3.00. The molecular weight excluding hydrogens is 218 g/mol. The molecule has 4 nitrogen and oxygen atoms in total. The monoisotopic (exact) mass is 228 g/mol. The topological polar surface area (TPSA) is 69.9 Å². The highest BCUT2D eigenvalue weighted by Crippen LogP contribution is 2.46. The first-order valence-corrected chi connectivity index (χ1v) is 4.98. The SMILES string of the molecule is [B][C@@H]1O[C@H](C2(O)CC2)C(O)C1(O)C#CCl. The molecule has 2 aliphatic rings. The van der Waals surface area contributed by atoms with E-state index in [4.69, 9.17) is 24.2 Å². The van der Waals surface area contributed by atoms with Gasteiger partial charge in [0.05, 0.1) is 11.6 Å². The molecule has 4 atom stereocenters. The van der Waals surface area contributed by atoms with Crippen LogP contribution in [0.15, 0.2) is 0 Å². The molecule has 1 saturated carbocycles. The summed E-state index contributed by atoms with van der Waals surface area (Å²) >= 11 is 5.17. The van der Waals surface area contributed by atoms with E-state index in [-0.39, 0.29) is 0 Å². The lowest BCUT2D eigenvalue weighted by Gasteiger charge is -2.24. The van der Waals surface area contributed by atoms with E-state index in [2.05, 4.69) is 5.92 Å². The van der Waals surface area contributed by atoms with Crippen molar-refractivity contribution < 1.29 is 20.1 Å². The van der Waals surface area contributed by atoms with Gasteiger partial charge in [-0.2, -0.15) is 0 Å². The first-order valence-electron chi connectivity index (χ1n) is 4.61. The molecule has 0 aromatic heterocycles. The van der Waals surface area contributed by atoms with Gasteiger partial charge in [0.2, 0.25) is 0 Å². The van der Waals surface area contributed by atoms with Crippen molar-refractivity contribution in [2.45, 2.75) is 42.3 Å². The van der Waals surface area contributed by atoms with Crippen LogP contribution in [-0.2, 0) is 4.74 Å². The number of halogens is 1. The molecule has 2 unspecified atom stereocenters. The number of ether oxygens (including phenoxy) is 1. The summed E-state index contributed by atoms with van der Waals surface area (Å²) in [4.78, 5) is 0. The lowest BCUT2D eigenvalue weighted by atomic mass is 9.80. The van der Waals surface area contributed by atoms with Crippen molar-refractivity contribution in [3.05, 3.63) is 0 Å². The Balaban J connectivity index is 2.25. The van der Waals surface area contributed by atoms with Gasteiger partial charge < -0.3 is 20.1 Å². The molecule has 0 aromatic rings. The number of aliphatic hydroxyl groups is 3. The fourth-order valence-corrected chi connectivity index (χ4v) is 1.94. The molecule has 0 bridgehead atoms. The molecule has 0 amide bonds. The van der Waals surface area contributed by atoms with Gasteiger partial charge in [0.1, 0.15) is 20.1 Å². The molecule has 3 N–H and O–H groups in total. The zero-order chi connectivity index (χ0) is 11.3. The number of hydrogen-bond donors (Lipinski definition) is 3. The van der Waals surface area contributed by atoms with E-state index in [0.29, 0.717) is 12.8 Å². The minimum Gasteiger partial charge on any atom is -0.387 e. The lowest BCUT2D eigenvalue weighted by molar-refractivity contribution is -0.0717. The summed E-state index contributed by atoms with van der Waals surface area (Å²) in [5.41, 5.74) is -3.00. The maximum Gasteiger partial charge on any atom is 0.172 e. The van der Waals surface area contributed by atoms with Crippen LogP contribution in [0.5, 0.6) is 0 Å². The van der Waals surface area contributed by atoms with Crippen LogP contribution < -0.4 is 0 Å². The molecule has 2 radical (unpaired) electrons. The summed E-state index contributed by atoms with van der Waals surface area (Å²) in [6, 6.07) is -1.17. The highest BCUT2D eigenvalue weighted by Gasteiger charge is 2.62. The quantitative estimate of drug-likeness (QED) is 0.385. The van der Waals surface area contributed by atoms with Crippen LogP contribution in [0, 0.1) is 11.3 Å². The number of rotatable bonds is 1.